The summed E-state index contributed by atoms with van der Waals surface area (Å²) in [6.45, 7) is 3.75. The van der Waals surface area contributed by atoms with E-state index in [1.165, 1.54) is 4.57 Å². The van der Waals surface area contributed by atoms with E-state index in [1.807, 2.05) is 38.1 Å². The summed E-state index contributed by atoms with van der Waals surface area (Å²) in [4.78, 5) is 25.0. The third-order valence-corrected chi connectivity index (χ3v) is 3.15. The van der Waals surface area contributed by atoms with Crippen LogP contribution in [0.5, 0.6) is 0 Å². The summed E-state index contributed by atoms with van der Waals surface area (Å²) in [7, 11) is 0. The molecule has 1 aromatic heterocycles. The van der Waals surface area contributed by atoms with E-state index in [1.54, 1.807) is 12.4 Å². The maximum atomic E-state index is 11.6. The van der Waals surface area contributed by atoms with Crippen molar-refractivity contribution in [2.75, 3.05) is 0 Å². The molecule has 0 unspecified atom stereocenters. The Morgan fingerprint density at radius 1 is 1.42 bits per heavy atom. The molecule has 0 bridgehead atoms. The molecular weight excluding hydrogens is 244 g/mol. The third-order valence-electron chi connectivity index (χ3n) is 3.15. The van der Waals surface area contributed by atoms with Gasteiger partial charge in [-0.15, -0.1) is 0 Å². The Hall–Kier alpha value is -2.30. The van der Waals surface area contributed by atoms with Gasteiger partial charge in [0.2, 0.25) is 0 Å². The van der Waals surface area contributed by atoms with Crippen molar-refractivity contribution in [1.29, 1.82) is 0 Å². The lowest BCUT2D eigenvalue weighted by Gasteiger charge is -2.23. The molecule has 2 rings (SSSR count). The van der Waals surface area contributed by atoms with Crippen LogP contribution >= 0.6 is 0 Å². The second-order valence-electron chi connectivity index (χ2n) is 5.14. The van der Waals surface area contributed by atoms with Gasteiger partial charge < -0.3 is 10.1 Å². The normalized spacial score (nSPS) is 11.5. The summed E-state index contributed by atoms with van der Waals surface area (Å²) >= 11 is 0. The molecule has 0 aliphatic carbocycles. The van der Waals surface area contributed by atoms with Crippen molar-refractivity contribution in [3.05, 3.63) is 52.7 Å². The van der Waals surface area contributed by atoms with Gasteiger partial charge >= 0.3 is 11.7 Å². The van der Waals surface area contributed by atoms with Gasteiger partial charge in [0.25, 0.3) is 0 Å². The Balaban J connectivity index is 2.43. The standard InChI is InChI=1S/C14H16N2O3/c1-14(2,9-12(17)18)10-4-3-5-11(8-10)16-7-6-15-13(16)19/h3-8H,9H2,1-2H3,(H,15,19)(H,17,18). The van der Waals surface area contributed by atoms with Crippen LogP contribution in [0.1, 0.15) is 25.8 Å². The number of H-pyrrole nitrogens is 1. The van der Waals surface area contributed by atoms with E-state index in [0.717, 1.165) is 11.3 Å². The molecule has 0 saturated carbocycles. The molecule has 0 amide bonds. The second kappa shape index (κ2) is 4.76. The van der Waals surface area contributed by atoms with Crippen LogP contribution in [0.25, 0.3) is 5.69 Å². The number of nitrogens with zero attached hydrogens (tertiary/aromatic N) is 1. The fourth-order valence-electron chi connectivity index (χ4n) is 2.08. The van der Waals surface area contributed by atoms with Crippen LogP contribution in [-0.2, 0) is 10.2 Å². The predicted molar refractivity (Wildman–Crippen MR) is 71.7 cm³/mol. The number of carboxylic acid groups (broad SMARTS) is 1. The highest BCUT2D eigenvalue weighted by atomic mass is 16.4. The lowest BCUT2D eigenvalue weighted by atomic mass is 9.81. The molecule has 5 nitrogen and oxygen atoms in total. The van der Waals surface area contributed by atoms with Crippen LogP contribution in [0.4, 0.5) is 0 Å². The topological polar surface area (TPSA) is 75.1 Å². The molecule has 0 atom stereocenters. The second-order valence-corrected chi connectivity index (χ2v) is 5.14. The van der Waals surface area contributed by atoms with E-state index in [4.69, 9.17) is 5.11 Å². The molecule has 1 aromatic carbocycles. The fraction of sp³-hybridized carbons (Fsp3) is 0.286. The number of benzene rings is 1. The van der Waals surface area contributed by atoms with Crippen molar-refractivity contribution >= 4 is 5.97 Å². The van der Waals surface area contributed by atoms with Crippen molar-refractivity contribution in [2.24, 2.45) is 0 Å². The Labute approximate surface area is 110 Å². The van der Waals surface area contributed by atoms with Crippen LogP contribution in [-0.4, -0.2) is 20.6 Å². The van der Waals surface area contributed by atoms with Gasteiger partial charge in [-0.05, 0) is 17.7 Å². The van der Waals surface area contributed by atoms with Gasteiger partial charge in [0.1, 0.15) is 0 Å². The van der Waals surface area contributed by atoms with Gasteiger partial charge in [-0.2, -0.15) is 0 Å². The smallest absolute Gasteiger partial charge is 0.330 e. The summed E-state index contributed by atoms with van der Waals surface area (Å²) in [5.74, 6) is -0.839. The molecular formula is C14H16N2O3. The molecule has 0 aliphatic heterocycles. The first kappa shape index (κ1) is 13.1. The Bertz CT molecular complexity index is 652. The number of nitrogens with one attached hydrogen (secondary N) is 1. The first-order valence-corrected chi connectivity index (χ1v) is 5.99. The Morgan fingerprint density at radius 2 is 2.16 bits per heavy atom. The molecule has 0 aliphatic rings. The van der Waals surface area contributed by atoms with Crippen molar-refractivity contribution in [1.82, 2.24) is 9.55 Å². The first-order chi connectivity index (χ1) is 8.90. The van der Waals surface area contributed by atoms with E-state index in [0.29, 0.717) is 0 Å². The molecule has 100 valence electrons. The number of carbonyl (C=O) groups is 1. The van der Waals surface area contributed by atoms with Gasteiger partial charge in [-0.1, -0.05) is 26.0 Å². The largest absolute Gasteiger partial charge is 0.481 e. The van der Waals surface area contributed by atoms with Gasteiger partial charge in [-0.3, -0.25) is 9.36 Å². The van der Waals surface area contributed by atoms with Crippen LogP contribution in [0.15, 0.2) is 41.5 Å². The number of aliphatic carboxylic acids is 1. The molecule has 1 heterocycles. The summed E-state index contributed by atoms with van der Waals surface area (Å²) in [5, 5.41) is 8.95. The van der Waals surface area contributed by atoms with Crippen LogP contribution < -0.4 is 5.69 Å². The monoisotopic (exact) mass is 260 g/mol. The van der Waals surface area contributed by atoms with Crippen LogP contribution in [0, 0.1) is 0 Å². The highest BCUT2D eigenvalue weighted by Crippen LogP contribution is 2.28. The fourth-order valence-corrected chi connectivity index (χ4v) is 2.08. The van der Waals surface area contributed by atoms with Crippen LogP contribution in [0.2, 0.25) is 0 Å². The van der Waals surface area contributed by atoms with E-state index >= 15 is 0 Å². The summed E-state index contributed by atoms with van der Waals surface area (Å²) in [5.41, 5.74) is 0.915. The summed E-state index contributed by atoms with van der Waals surface area (Å²) < 4.78 is 1.49. The minimum atomic E-state index is -0.839. The number of rotatable bonds is 4. The van der Waals surface area contributed by atoms with Crippen molar-refractivity contribution < 1.29 is 9.90 Å². The van der Waals surface area contributed by atoms with Crippen molar-refractivity contribution in [3.8, 4) is 5.69 Å². The quantitative estimate of drug-likeness (QED) is 0.881. The zero-order valence-corrected chi connectivity index (χ0v) is 10.9. The van der Waals surface area contributed by atoms with Crippen molar-refractivity contribution in [3.63, 3.8) is 0 Å². The first-order valence-electron chi connectivity index (χ1n) is 5.99. The summed E-state index contributed by atoms with van der Waals surface area (Å²) in [6.07, 6.45) is 3.25. The Kier molecular flexibility index (Phi) is 3.29. The van der Waals surface area contributed by atoms with Gasteiger partial charge in [-0.25, -0.2) is 4.79 Å². The molecule has 2 aromatic rings. The minimum absolute atomic E-state index is 0.0402. The average molecular weight is 260 g/mol. The van der Waals surface area contributed by atoms with Crippen LogP contribution in [0.3, 0.4) is 0 Å². The maximum Gasteiger partial charge on any atom is 0.330 e. The van der Waals surface area contributed by atoms with E-state index in [9.17, 15) is 9.59 Å². The number of carboxylic acids is 1. The SMILES string of the molecule is CC(C)(CC(=O)O)c1cccc(-n2cc[nH]c2=O)c1. The molecule has 0 radical (unpaired) electrons. The molecule has 5 heteroatoms. The minimum Gasteiger partial charge on any atom is -0.481 e. The highest BCUT2D eigenvalue weighted by Gasteiger charge is 2.24. The van der Waals surface area contributed by atoms with Gasteiger partial charge in [0, 0.05) is 17.8 Å². The Morgan fingerprint density at radius 3 is 2.74 bits per heavy atom. The number of aromatic amines is 1. The third kappa shape index (κ3) is 2.76. The maximum absolute atomic E-state index is 11.6. The van der Waals surface area contributed by atoms with E-state index in [2.05, 4.69) is 4.98 Å². The van der Waals surface area contributed by atoms with Gasteiger partial charge in [0.15, 0.2) is 0 Å². The molecule has 0 spiro atoms. The number of aromatic nitrogens is 2. The highest BCUT2D eigenvalue weighted by molar-refractivity contribution is 5.69. The van der Waals surface area contributed by atoms with E-state index in [-0.39, 0.29) is 12.1 Å². The zero-order chi connectivity index (χ0) is 14.0. The average Bonchev–Trinajstić information content (AvgIpc) is 2.74. The number of hydrogen-bond donors (Lipinski definition) is 2. The number of hydrogen-bond acceptors (Lipinski definition) is 2. The van der Waals surface area contributed by atoms with Gasteiger partial charge in [0.05, 0.1) is 12.1 Å². The predicted octanol–water partition coefficient (Wildman–Crippen LogP) is 1.92. The zero-order valence-electron chi connectivity index (χ0n) is 10.9. The lowest BCUT2D eigenvalue weighted by molar-refractivity contribution is -0.138. The molecule has 2 N–H and O–H groups in total. The number of imidazole rings is 1. The molecule has 0 saturated heterocycles. The van der Waals surface area contributed by atoms with Crippen molar-refractivity contribution in [2.45, 2.75) is 25.7 Å². The molecule has 0 fully saturated rings. The lowest BCUT2D eigenvalue weighted by Crippen LogP contribution is -2.22. The summed E-state index contributed by atoms with van der Waals surface area (Å²) in [6, 6.07) is 7.37. The van der Waals surface area contributed by atoms with E-state index < -0.39 is 11.4 Å². The molecule has 19 heavy (non-hydrogen) atoms.